The number of hydrogen-bond donors (Lipinski definition) is 0. The Bertz CT molecular complexity index is 345. The van der Waals surface area contributed by atoms with Crippen LogP contribution < -0.4 is 0 Å². The SMILES string of the molecule is [B]N1C(=O)CC(C(CCCCCCC)CCCCCCC)C1=O. The summed E-state index contributed by atoms with van der Waals surface area (Å²) < 4.78 is 0. The minimum absolute atomic E-state index is 0.151. The van der Waals surface area contributed by atoms with Gasteiger partial charge in [0, 0.05) is 12.3 Å². The molecule has 0 aromatic heterocycles. The van der Waals surface area contributed by atoms with Gasteiger partial charge in [-0.05, 0) is 18.8 Å². The summed E-state index contributed by atoms with van der Waals surface area (Å²) in [5.74, 6) is -0.183. The van der Waals surface area contributed by atoms with Gasteiger partial charge in [-0.3, -0.25) is 9.59 Å². The van der Waals surface area contributed by atoms with Crippen molar-refractivity contribution >= 4 is 19.8 Å². The Kier molecular flexibility index (Phi) is 10.3. The lowest BCUT2D eigenvalue weighted by Gasteiger charge is -2.22. The van der Waals surface area contributed by atoms with Crippen LogP contribution in [0.15, 0.2) is 0 Å². The predicted octanol–water partition coefficient (Wildman–Crippen LogP) is 4.78. The van der Waals surface area contributed by atoms with Gasteiger partial charge in [0.15, 0.2) is 0 Å². The molecule has 1 saturated heterocycles. The molecule has 1 atom stereocenters. The molecule has 1 heterocycles. The van der Waals surface area contributed by atoms with Gasteiger partial charge >= 0.3 is 0 Å². The van der Waals surface area contributed by atoms with E-state index >= 15 is 0 Å². The van der Waals surface area contributed by atoms with Crippen LogP contribution in [0, 0.1) is 11.8 Å². The third-order valence-corrected chi connectivity index (χ3v) is 5.14. The number of hydrogen-bond acceptors (Lipinski definition) is 2. The fourth-order valence-electron chi connectivity index (χ4n) is 3.61. The summed E-state index contributed by atoms with van der Waals surface area (Å²) in [6.07, 6.45) is 14.9. The molecule has 0 aromatic rings. The monoisotopic (exact) mass is 319 g/mol. The number of unbranched alkanes of at least 4 members (excludes halogenated alkanes) is 8. The molecule has 1 aliphatic rings. The first kappa shape index (κ1) is 20.2. The fourth-order valence-corrected chi connectivity index (χ4v) is 3.61. The van der Waals surface area contributed by atoms with E-state index in [0.29, 0.717) is 12.3 Å². The summed E-state index contributed by atoms with van der Waals surface area (Å²) in [6.45, 7) is 4.44. The lowest BCUT2D eigenvalue weighted by Crippen LogP contribution is -2.30. The largest absolute Gasteiger partial charge is 0.340 e. The van der Waals surface area contributed by atoms with Crippen molar-refractivity contribution in [3.8, 4) is 0 Å². The third-order valence-electron chi connectivity index (χ3n) is 5.14. The standard InChI is InChI=1S/C19H34BNO2/c1-3-5-7-9-11-13-16(14-12-10-8-6-4-2)17-15-18(22)21(20)19(17)23/h16-17H,3-15H2,1-2H3. The van der Waals surface area contributed by atoms with Gasteiger partial charge in [0.25, 0.3) is 0 Å². The molecule has 130 valence electrons. The summed E-state index contributed by atoms with van der Waals surface area (Å²) in [7, 11) is 5.57. The van der Waals surface area contributed by atoms with Gasteiger partial charge in [0.2, 0.25) is 19.8 Å². The molecule has 4 heteroatoms. The van der Waals surface area contributed by atoms with Crippen LogP contribution in [-0.4, -0.2) is 24.6 Å². The van der Waals surface area contributed by atoms with Gasteiger partial charge < -0.3 is 4.81 Å². The summed E-state index contributed by atoms with van der Waals surface area (Å²) >= 11 is 0. The van der Waals surface area contributed by atoms with Crippen molar-refractivity contribution in [3.63, 3.8) is 0 Å². The quantitative estimate of drug-likeness (QED) is 0.278. The Morgan fingerprint density at radius 3 is 1.78 bits per heavy atom. The minimum atomic E-state index is -0.207. The van der Waals surface area contributed by atoms with Gasteiger partial charge in [0.1, 0.15) is 0 Å². The Labute approximate surface area is 144 Å². The normalized spacial score (nSPS) is 18.4. The third kappa shape index (κ3) is 7.09. The van der Waals surface area contributed by atoms with E-state index in [1.54, 1.807) is 0 Å². The zero-order valence-electron chi connectivity index (χ0n) is 15.2. The van der Waals surface area contributed by atoms with E-state index in [4.69, 9.17) is 7.98 Å². The molecular weight excluding hydrogens is 285 g/mol. The zero-order chi connectivity index (χ0) is 17.1. The molecule has 0 spiro atoms. The van der Waals surface area contributed by atoms with Crippen molar-refractivity contribution in [3.05, 3.63) is 0 Å². The van der Waals surface area contributed by atoms with Crippen molar-refractivity contribution in [2.75, 3.05) is 0 Å². The molecule has 23 heavy (non-hydrogen) atoms. The molecule has 1 aliphatic heterocycles. The number of rotatable bonds is 13. The van der Waals surface area contributed by atoms with E-state index in [1.807, 2.05) is 0 Å². The first-order valence-corrected chi connectivity index (χ1v) is 9.73. The van der Waals surface area contributed by atoms with Gasteiger partial charge in [-0.25, -0.2) is 0 Å². The molecule has 2 radical (unpaired) electrons. The summed E-state index contributed by atoms with van der Waals surface area (Å²) in [4.78, 5) is 24.8. The van der Waals surface area contributed by atoms with Crippen molar-refractivity contribution in [2.45, 2.75) is 97.3 Å². The second-order valence-electron chi connectivity index (χ2n) is 7.08. The maximum atomic E-state index is 12.2. The number of nitrogens with zero attached hydrogens (tertiary/aromatic N) is 1. The molecule has 3 nitrogen and oxygen atoms in total. The smallest absolute Gasteiger partial charge is 0.242 e. The highest BCUT2D eigenvalue weighted by Crippen LogP contribution is 2.33. The molecule has 2 amide bonds. The first-order chi connectivity index (χ1) is 11.1. The Morgan fingerprint density at radius 2 is 1.39 bits per heavy atom. The molecule has 0 bridgehead atoms. The Morgan fingerprint density at radius 1 is 0.913 bits per heavy atom. The predicted molar refractivity (Wildman–Crippen MR) is 96.0 cm³/mol. The molecule has 0 N–H and O–H groups in total. The van der Waals surface area contributed by atoms with E-state index in [2.05, 4.69) is 13.8 Å². The van der Waals surface area contributed by atoms with Crippen molar-refractivity contribution in [2.24, 2.45) is 11.8 Å². The summed E-state index contributed by atoms with van der Waals surface area (Å²) in [5, 5.41) is 0. The van der Waals surface area contributed by atoms with Crippen molar-refractivity contribution < 1.29 is 9.59 Å². The van der Waals surface area contributed by atoms with E-state index in [9.17, 15) is 9.59 Å². The van der Waals surface area contributed by atoms with E-state index < -0.39 is 0 Å². The van der Waals surface area contributed by atoms with Gasteiger partial charge in [-0.15, -0.1) is 0 Å². The summed E-state index contributed by atoms with van der Waals surface area (Å²) in [5.41, 5.74) is 0. The lowest BCUT2D eigenvalue weighted by atomic mass is 9.82. The Hall–Kier alpha value is -0.795. The van der Waals surface area contributed by atoms with Crippen molar-refractivity contribution in [1.29, 1.82) is 0 Å². The van der Waals surface area contributed by atoms with Crippen LogP contribution in [0.2, 0.25) is 0 Å². The zero-order valence-corrected chi connectivity index (χ0v) is 15.2. The summed E-state index contributed by atoms with van der Waals surface area (Å²) in [6, 6.07) is 0. The molecule has 1 unspecified atom stereocenters. The van der Waals surface area contributed by atoms with Gasteiger partial charge in [0.05, 0.1) is 0 Å². The molecule has 1 rings (SSSR count). The van der Waals surface area contributed by atoms with Gasteiger partial charge in [-0.2, -0.15) is 0 Å². The highest BCUT2D eigenvalue weighted by atomic mass is 16.2. The lowest BCUT2D eigenvalue weighted by molar-refractivity contribution is -0.134. The number of carbonyl (C=O) groups excluding carboxylic acids is 2. The van der Waals surface area contributed by atoms with Crippen LogP contribution in [-0.2, 0) is 9.59 Å². The second kappa shape index (κ2) is 11.7. The maximum absolute atomic E-state index is 12.2. The molecular formula is C19H34BNO2. The van der Waals surface area contributed by atoms with Gasteiger partial charge in [-0.1, -0.05) is 78.1 Å². The molecule has 0 saturated carbocycles. The molecule has 0 aromatic carbocycles. The topological polar surface area (TPSA) is 37.4 Å². The van der Waals surface area contributed by atoms with E-state index in [-0.39, 0.29) is 17.7 Å². The van der Waals surface area contributed by atoms with Crippen LogP contribution in [0.5, 0.6) is 0 Å². The molecule has 1 fully saturated rings. The van der Waals surface area contributed by atoms with E-state index in [1.165, 1.54) is 64.2 Å². The fraction of sp³-hybridized carbons (Fsp3) is 0.895. The van der Waals surface area contributed by atoms with Crippen LogP contribution in [0.3, 0.4) is 0 Å². The van der Waals surface area contributed by atoms with Crippen LogP contribution in [0.25, 0.3) is 0 Å². The maximum Gasteiger partial charge on any atom is 0.242 e. The minimum Gasteiger partial charge on any atom is -0.340 e. The average Bonchev–Trinajstić information content (AvgIpc) is 2.80. The second-order valence-corrected chi connectivity index (χ2v) is 7.08. The number of amides is 2. The number of imide groups is 1. The first-order valence-electron chi connectivity index (χ1n) is 9.73. The molecule has 0 aliphatic carbocycles. The number of carbonyl (C=O) groups is 2. The highest BCUT2D eigenvalue weighted by Gasteiger charge is 2.39. The van der Waals surface area contributed by atoms with Crippen LogP contribution in [0.4, 0.5) is 0 Å². The van der Waals surface area contributed by atoms with Crippen LogP contribution in [0.1, 0.15) is 97.3 Å². The average molecular weight is 319 g/mol. The van der Waals surface area contributed by atoms with Crippen molar-refractivity contribution in [1.82, 2.24) is 4.81 Å². The van der Waals surface area contributed by atoms with E-state index in [0.717, 1.165) is 17.7 Å². The highest BCUT2D eigenvalue weighted by molar-refractivity contribution is 6.27. The van der Waals surface area contributed by atoms with Crippen LogP contribution >= 0.6 is 0 Å². The Balaban J connectivity index is 2.44.